The Bertz CT molecular complexity index is 523. The molecular formula is C19H28N2O2. The van der Waals surface area contributed by atoms with E-state index in [-0.39, 0.29) is 5.91 Å². The van der Waals surface area contributed by atoms with Crippen LogP contribution in [0.2, 0.25) is 0 Å². The summed E-state index contributed by atoms with van der Waals surface area (Å²) in [7, 11) is 2.13. The smallest absolute Gasteiger partial charge is 0.224 e. The second-order valence-electron chi connectivity index (χ2n) is 7.11. The van der Waals surface area contributed by atoms with Crippen LogP contribution >= 0.6 is 0 Å². The first-order valence-corrected chi connectivity index (χ1v) is 8.84. The van der Waals surface area contributed by atoms with E-state index in [1.807, 2.05) is 35.2 Å². The Morgan fingerprint density at radius 3 is 2.52 bits per heavy atom. The van der Waals surface area contributed by atoms with Gasteiger partial charge in [-0.15, -0.1) is 0 Å². The quantitative estimate of drug-likeness (QED) is 0.931. The van der Waals surface area contributed by atoms with E-state index in [1.54, 1.807) is 0 Å². The SMILES string of the molecule is CN1CCCCC1CC(=O)N1CCC(O)(c2ccccc2)CC1. The zero-order valence-corrected chi connectivity index (χ0v) is 14.1. The lowest BCUT2D eigenvalue weighted by Crippen LogP contribution is -2.47. The lowest BCUT2D eigenvalue weighted by molar-refractivity contribution is -0.137. The van der Waals surface area contributed by atoms with Crippen LogP contribution in [0.15, 0.2) is 30.3 Å². The van der Waals surface area contributed by atoms with Gasteiger partial charge in [-0.05, 0) is 44.8 Å². The fourth-order valence-corrected chi connectivity index (χ4v) is 3.90. The summed E-state index contributed by atoms with van der Waals surface area (Å²) in [6.07, 6.45) is 5.49. The van der Waals surface area contributed by atoms with Crippen LogP contribution in [0.4, 0.5) is 0 Å². The fraction of sp³-hybridized carbons (Fsp3) is 0.632. The third kappa shape index (κ3) is 3.75. The third-order valence-corrected chi connectivity index (χ3v) is 5.59. The molecule has 0 radical (unpaired) electrons. The maximum atomic E-state index is 12.6. The second-order valence-corrected chi connectivity index (χ2v) is 7.11. The van der Waals surface area contributed by atoms with Crippen molar-refractivity contribution in [3.05, 3.63) is 35.9 Å². The van der Waals surface area contributed by atoms with Crippen LogP contribution in [0.25, 0.3) is 0 Å². The lowest BCUT2D eigenvalue weighted by Gasteiger charge is -2.40. The van der Waals surface area contributed by atoms with Crippen LogP contribution in [0.1, 0.15) is 44.1 Å². The predicted octanol–water partition coefficient (Wildman–Crippen LogP) is 2.37. The minimum absolute atomic E-state index is 0.249. The van der Waals surface area contributed by atoms with E-state index in [4.69, 9.17) is 0 Å². The Hall–Kier alpha value is -1.39. The monoisotopic (exact) mass is 316 g/mol. The Kier molecular flexibility index (Phi) is 5.02. The molecule has 2 aliphatic rings. The Morgan fingerprint density at radius 2 is 1.87 bits per heavy atom. The average molecular weight is 316 g/mol. The molecule has 1 aromatic rings. The highest BCUT2D eigenvalue weighted by molar-refractivity contribution is 5.77. The largest absolute Gasteiger partial charge is 0.385 e. The number of nitrogens with zero attached hydrogens (tertiary/aromatic N) is 2. The van der Waals surface area contributed by atoms with Crippen molar-refractivity contribution in [3.63, 3.8) is 0 Å². The number of hydrogen-bond donors (Lipinski definition) is 1. The Balaban J connectivity index is 1.55. The Morgan fingerprint density at radius 1 is 1.17 bits per heavy atom. The maximum Gasteiger partial charge on any atom is 0.224 e. The third-order valence-electron chi connectivity index (χ3n) is 5.59. The number of amides is 1. The van der Waals surface area contributed by atoms with Gasteiger partial charge in [0, 0.05) is 25.6 Å². The fourth-order valence-electron chi connectivity index (χ4n) is 3.90. The van der Waals surface area contributed by atoms with Crippen molar-refractivity contribution in [2.75, 3.05) is 26.7 Å². The lowest BCUT2D eigenvalue weighted by atomic mass is 9.84. The molecule has 1 aromatic carbocycles. The van der Waals surface area contributed by atoms with Crippen molar-refractivity contribution in [1.82, 2.24) is 9.80 Å². The molecule has 126 valence electrons. The summed E-state index contributed by atoms with van der Waals surface area (Å²) in [5, 5.41) is 10.9. The number of benzene rings is 1. The molecule has 2 aliphatic heterocycles. The molecule has 2 fully saturated rings. The van der Waals surface area contributed by atoms with Gasteiger partial charge >= 0.3 is 0 Å². The van der Waals surface area contributed by atoms with Crippen LogP contribution in [0.5, 0.6) is 0 Å². The highest BCUT2D eigenvalue weighted by Gasteiger charge is 2.35. The number of carbonyl (C=O) groups is 1. The van der Waals surface area contributed by atoms with Crippen molar-refractivity contribution in [3.8, 4) is 0 Å². The molecule has 1 unspecified atom stereocenters. The predicted molar refractivity (Wildman–Crippen MR) is 91.0 cm³/mol. The summed E-state index contributed by atoms with van der Waals surface area (Å²) in [5.74, 6) is 0.249. The maximum absolute atomic E-state index is 12.6. The number of carbonyl (C=O) groups excluding carboxylic acids is 1. The van der Waals surface area contributed by atoms with E-state index in [9.17, 15) is 9.90 Å². The van der Waals surface area contributed by atoms with Gasteiger partial charge in [-0.1, -0.05) is 36.8 Å². The van der Waals surface area contributed by atoms with E-state index >= 15 is 0 Å². The van der Waals surface area contributed by atoms with Crippen molar-refractivity contribution in [2.24, 2.45) is 0 Å². The molecule has 4 heteroatoms. The first-order valence-electron chi connectivity index (χ1n) is 8.84. The van der Waals surface area contributed by atoms with Gasteiger partial charge in [0.25, 0.3) is 0 Å². The molecule has 1 N–H and O–H groups in total. The normalized spacial score (nSPS) is 25.3. The molecule has 0 aromatic heterocycles. The number of rotatable bonds is 3. The highest BCUT2D eigenvalue weighted by Crippen LogP contribution is 2.33. The van der Waals surface area contributed by atoms with Crippen molar-refractivity contribution in [1.29, 1.82) is 0 Å². The van der Waals surface area contributed by atoms with Crippen molar-refractivity contribution in [2.45, 2.75) is 50.2 Å². The summed E-state index contributed by atoms with van der Waals surface area (Å²) < 4.78 is 0. The molecule has 2 heterocycles. The Labute approximate surface area is 139 Å². The van der Waals surface area contributed by atoms with Crippen LogP contribution in [0, 0.1) is 0 Å². The van der Waals surface area contributed by atoms with E-state index in [0.29, 0.717) is 38.4 Å². The number of likely N-dealkylation sites (tertiary alicyclic amines) is 2. The number of hydrogen-bond acceptors (Lipinski definition) is 3. The first kappa shape index (κ1) is 16.5. The van der Waals surface area contributed by atoms with E-state index in [2.05, 4.69) is 11.9 Å². The highest BCUT2D eigenvalue weighted by atomic mass is 16.3. The van der Waals surface area contributed by atoms with Gasteiger partial charge in [-0.25, -0.2) is 0 Å². The molecule has 4 nitrogen and oxygen atoms in total. The second kappa shape index (κ2) is 7.02. The first-order chi connectivity index (χ1) is 11.1. The molecular weight excluding hydrogens is 288 g/mol. The van der Waals surface area contributed by atoms with Crippen molar-refractivity contribution >= 4 is 5.91 Å². The minimum atomic E-state index is -0.778. The number of piperidine rings is 2. The molecule has 1 atom stereocenters. The van der Waals surface area contributed by atoms with E-state index < -0.39 is 5.60 Å². The molecule has 2 saturated heterocycles. The van der Waals surface area contributed by atoms with Crippen LogP contribution in [-0.4, -0.2) is 53.5 Å². The molecule has 0 saturated carbocycles. The van der Waals surface area contributed by atoms with Crippen LogP contribution < -0.4 is 0 Å². The van der Waals surface area contributed by atoms with Gasteiger partial charge in [-0.2, -0.15) is 0 Å². The van der Waals surface area contributed by atoms with Gasteiger partial charge in [0.2, 0.25) is 5.91 Å². The van der Waals surface area contributed by atoms with Gasteiger partial charge in [0.05, 0.1) is 5.60 Å². The molecule has 23 heavy (non-hydrogen) atoms. The molecule has 0 bridgehead atoms. The summed E-state index contributed by atoms with van der Waals surface area (Å²) in [6, 6.07) is 10.2. The van der Waals surface area contributed by atoms with E-state index in [1.165, 1.54) is 12.8 Å². The zero-order chi connectivity index (χ0) is 16.3. The van der Waals surface area contributed by atoms with Gasteiger partial charge < -0.3 is 14.9 Å². The van der Waals surface area contributed by atoms with E-state index in [0.717, 1.165) is 18.5 Å². The minimum Gasteiger partial charge on any atom is -0.385 e. The summed E-state index contributed by atoms with van der Waals surface area (Å²) in [4.78, 5) is 16.8. The zero-order valence-electron chi connectivity index (χ0n) is 14.1. The van der Waals surface area contributed by atoms with Gasteiger partial charge in [0.15, 0.2) is 0 Å². The standard InChI is InChI=1S/C19H28N2O2/c1-20-12-6-5-9-17(20)15-18(22)21-13-10-19(23,11-14-21)16-7-3-2-4-8-16/h2-4,7-8,17,23H,5-6,9-15H2,1H3. The molecule has 3 rings (SSSR count). The van der Waals surface area contributed by atoms with Crippen LogP contribution in [0.3, 0.4) is 0 Å². The summed E-state index contributed by atoms with van der Waals surface area (Å²) >= 11 is 0. The summed E-state index contributed by atoms with van der Waals surface area (Å²) in [5.41, 5.74) is 0.193. The molecule has 0 spiro atoms. The van der Waals surface area contributed by atoms with Crippen LogP contribution in [-0.2, 0) is 10.4 Å². The summed E-state index contributed by atoms with van der Waals surface area (Å²) in [6.45, 7) is 2.41. The average Bonchev–Trinajstić information content (AvgIpc) is 2.58. The van der Waals surface area contributed by atoms with Gasteiger partial charge in [0.1, 0.15) is 0 Å². The molecule has 1 amide bonds. The topological polar surface area (TPSA) is 43.8 Å². The van der Waals surface area contributed by atoms with Gasteiger partial charge in [-0.3, -0.25) is 4.79 Å². The molecule has 0 aliphatic carbocycles. The number of aliphatic hydroxyl groups is 1. The van der Waals surface area contributed by atoms with Crippen molar-refractivity contribution < 1.29 is 9.90 Å².